The summed E-state index contributed by atoms with van der Waals surface area (Å²) in [5, 5.41) is 3.48. The summed E-state index contributed by atoms with van der Waals surface area (Å²) in [7, 11) is 0. The molecule has 0 radical (unpaired) electrons. The highest BCUT2D eigenvalue weighted by molar-refractivity contribution is 4.94. The van der Waals surface area contributed by atoms with Crippen molar-refractivity contribution >= 4 is 0 Å². The van der Waals surface area contributed by atoms with Crippen molar-refractivity contribution in [3.05, 3.63) is 0 Å². The molecular formula is C11H21N. The minimum Gasteiger partial charge on any atom is -0.317 e. The monoisotopic (exact) mass is 167 g/mol. The van der Waals surface area contributed by atoms with Gasteiger partial charge in [-0.1, -0.05) is 19.8 Å². The molecule has 0 aromatic carbocycles. The first kappa shape index (κ1) is 8.55. The van der Waals surface area contributed by atoms with Gasteiger partial charge in [-0.3, -0.25) is 0 Å². The van der Waals surface area contributed by atoms with Crippen molar-refractivity contribution in [2.45, 2.75) is 45.4 Å². The van der Waals surface area contributed by atoms with Crippen molar-refractivity contribution in [3.8, 4) is 0 Å². The molecule has 1 spiro atoms. The summed E-state index contributed by atoms with van der Waals surface area (Å²) in [6.45, 7) is 4.92. The average Bonchev–Trinajstić information content (AvgIpc) is 2.49. The number of piperidine rings is 1. The summed E-state index contributed by atoms with van der Waals surface area (Å²) in [5.74, 6) is 1.06. The lowest BCUT2D eigenvalue weighted by molar-refractivity contribution is 0.134. The van der Waals surface area contributed by atoms with Gasteiger partial charge in [0.2, 0.25) is 0 Å². The van der Waals surface area contributed by atoms with Crippen LogP contribution in [0, 0.1) is 11.3 Å². The molecule has 1 heteroatoms. The fraction of sp³-hybridized carbons (Fsp3) is 1.00. The summed E-state index contributed by atoms with van der Waals surface area (Å²) >= 11 is 0. The van der Waals surface area contributed by atoms with E-state index in [0.29, 0.717) is 0 Å². The van der Waals surface area contributed by atoms with Gasteiger partial charge in [-0.2, -0.15) is 0 Å². The van der Waals surface area contributed by atoms with E-state index in [1.54, 1.807) is 0 Å². The minimum atomic E-state index is 0.778. The van der Waals surface area contributed by atoms with Crippen molar-refractivity contribution in [1.82, 2.24) is 5.32 Å². The van der Waals surface area contributed by atoms with Crippen LogP contribution in [0.3, 0.4) is 0 Å². The van der Waals surface area contributed by atoms with Crippen molar-refractivity contribution in [2.75, 3.05) is 13.1 Å². The Kier molecular flexibility index (Phi) is 2.40. The van der Waals surface area contributed by atoms with E-state index in [2.05, 4.69) is 12.2 Å². The molecule has 1 unspecified atom stereocenters. The molecule has 12 heavy (non-hydrogen) atoms. The molecule has 1 saturated heterocycles. The Labute approximate surface area is 75.9 Å². The SMILES string of the molecule is CCC1CCCC12CCNCC2. The molecule has 1 aliphatic carbocycles. The summed E-state index contributed by atoms with van der Waals surface area (Å²) in [5.41, 5.74) is 0.778. The van der Waals surface area contributed by atoms with Gasteiger partial charge in [-0.15, -0.1) is 0 Å². The average molecular weight is 167 g/mol. The lowest BCUT2D eigenvalue weighted by Gasteiger charge is -2.39. The first-order valence-electron chi connectivity index (χ1n) is 5.58. The summed E-state index contributed by atoms with van der Waals surface area (Å²) in [6, 6.07) is 0. The Hall–Kier alpha value is -0.0400. The van der Waals surface area contributed by atoms with Gasteiger partial charge in [0.1, 0.15) is 0 Å². The van der Waals surface area contributed by atoms with E-state index in [4.69, 9.17) is 0 Å². The highest BCUT2D eigenvalue weighted by atomic mass is 14.9. The number of hydrogen-bond acceptors (Lipinski definition) is 1. The minimum absolute atomic E-state index is 0.778. The fourth-order valence-electron chi connectivity index (χ4n) is 3.43. The molecule has 2 aliphatic rings. The van der Waals surface area contributed by atoms with Crippen LogP contribution in [-0.4, -0.2) is 13.1 Å². The van der Waals surface area contributed by atoms with E-state index in [1.807, 2.05) is 0 Å². The molecule has 0 aromatic rings. The number of rotatable bonds is 1. The van der Waals surface area contributed by atoms with Gasteiger partial charge in [0.15, 0.2) is 0 Å². The van der Waals surface area contributed by atoms with Crippen LogP contribution in [0.25, 0.3) is 0 Å². The van der Waals surface area contributed by atoms with Gasteiger partial charge in [0.25, 0.3) is 0 Å². The molecule has 1 atom stereocenters. The maximum absolute atomic E-state index is 3.48. The van der Waals surface area contributed by atoms with Crippen LogP contribution in [0.5, 0.6) is 0 Å². The fourth-order valence-corrected chi connectivity index (χ4v) is 3.43. The third kappa shape index (κ3) is 1.28. The summed E-state index contributed by atoms with van der Waals surface area (Å²) < 4.78 is 0. The van der Waals surface area contributed by atoms with E-state index in [9.17, 15) is 0 Å². The largest absolute Gasteiger partial charge is 0.317 e. The van der Waals surface area contributed by atoms with Crippen LogP contribution in [0.4, 0.5) is 0 Å². The molecule has 0 aromatic heterocycles. The molecule has 0 bridgehead atoms. The molecule has 1 saturated carbocycles. The van der Waals surface area contributed by atoms with Crippen molar-refractivity contribution in [3.63, 3.8) is 0 Å². The van der Waals surface area contributed by atoms with Crippen LogP contribution in [-0.2, 0) is 0 Å². The first-order chi connectivity index (χ1) is 5.87. The Bertz CT molecular complexity index is 147. The van der Waals surface area contributed by atoms with Crippen LogP contribution < -0.4 is 5.32 Å². The van der Waals surface area contributed by atoms with Crippen molar-refractivity contribution < 1.29 is 0 Å². The molecule has 1 heterocycles. The third-order valence-electron chi connectivity index (χ3n) is 4.19. The van der Waals surface area contributed by atoms with Crippen LogP contribution in [0.15, 0.2) is 0 Å². The maximum Gasteiger partial charge on any atom is -0.00435 e. The van der Waals surface area contributed by atoms with Gasteiger partial charge in [0.05, 0.1) is 0 Å². The van der Waals surface area contributed by atoms with Crippen LogP contribution in [0.1, 0.15) is 45.4 Å². The maximum atomic E-state index is 3.48. The number of nitrogens with one attached hydrogen (secondary N) is 1. The summed E-state index contributed by atoms with van der Waals surface area (Å²) in [4.78, 5) is 0. The zero-order valence-electron chi connectivity index (χ0n) is 8.23. The lowest BCUT2D eigenvalue weighted by atomic mass is 9.70. The summed E-state index contributed by atoms with van der Waals surface area (Å²) in [6.07, 6.45) is 8.85. The molecule has 1 nitrogen and oxygen atoms in total. The molecule has 1 aliphatic heterocycles. The predicted molar refractivity (Wildman–Crippen MR) is 52.2 cm³/mol. The standard InChI is InChI=1S/C11H21N/c1-2-10-4-3-5-11(10)6-8-12-9-7-11/h10,12H,2-9H2,1H3. The smallest absolute Gasteiger partial charge is 0.00435 e. The lowest BCUT2D eigenvalue weighted by Crippen LogP contribution is -2.38. The van der Waals surface area contributed by atoms with Crippen LogP contribution >= 0.6 is 0 Å². The second-order valence-electron chi connectivity index (χ2n) is 4.61. The van der Waals surface area contributed by atoms with Gasteiger partial charge in [-0.05, 0) is 50.1 Å². The predicted octanol–water partition coefficient (Wildman–Crippen LogP) is 2.57. The van der Waals surface area contributed by atoms with Crippen LogP contribution in [0.2, 0.25) is 0 Å². The third-order valence-corrected chi connectivity index (χ3v) is 4.19. The van der Waals surface area contributed by atoms with E-state index in [-0.39, 0.29) is 0 Å². The highest BCUT2D eigenvalue weighted by Crippen LogP contribution is 2.50. The van der Waals surface area contributed by atoms with E-state index in [0.717, 1.165) is 11.3 Å². The van der Waals surface area contributed by atoms with Gasteiger partial charge in [0, 0.05) is 0 Å². The van der Waals surface area contributed by atoms with Crippen molar-refractivity contribution in [1.29, 1.82) is 0 Å². The Morgan fingerprint density at radius 1 is 1.25 bits per heavy atom. The van der Waals surface area contributed by atoms with Gasteiger partial charge >= 0.3 is 0 Å². The van der Waals surface area contributed by atoms with Crippen molar-refractivity contribution in [2.24, 2.45) is 11.3 Å². The van der Waals surface area contributed by atoms with Gasteiger partial charge < -0.3 is 5.32 Å². The topological polar surface area (TPSA) is 12.0 Å². The quantitative estimate of drug-likeness (QED) is 0.633. The molecular weight excluding hydrogens is 146 g/mol. The second kappa shape index (κ2) is 3.37. The highest BCUT2D eigenvalue weighted by Gasteiger charge is 2.41. The zero-order valence-corrected chi connectivity index (χ0v) is 8.23. The number of hydrogen-bond donors (Lipinski definition) is 1. The second-order valence-corrected chi connectivity index (χ2v) is 4.61. The molecule has 2 fully saturated rings. The molecule has 70 valence electrons. The normalized spacial score (nSPS) is 34.2. The van der Waals surface area contributed by atoms with E-state index < -0.39 is 0 Å². The molecule has 0 amide bonds. The molecule has 1 N–H and O–H groups in total. The Balaban J connectivity index is 2.05. The van der Waals surface area contributed by atoms with E-state index in [1.165, 1.54) is 51.6 Å². The first-order valence-corrected chi connectivity index (χ1v) is 5.58. The molecule has 2 rings (SSSR count). The van der Waals surface area contributed by atoms with E-state index >= 15 is 0 Å². The Morgan fingerprint density at radius 2 is 2.00 bits per heavy atom. The Morgan fingerprint density at radius 3 is 2.67 bits per heavy atom. The zero-order chi connectivity index (χ0) is 8.44. The van der Waals surface area contributed by atoms with Gasteiger partial charge in [-0.25, -0.2) is 0 Å².